The van der Waals surface area contributed by atoms with Crippen LogP contribution in [0.25, 0.3) is 0 Å². The van der Waals surface area contributed by atoms with E-state index in [1.165, 1.54) is 0 Å². The van der Waals surface area contributed by atoms with Crippen molar-refractivity contribution in [1.29, 1.82) is 0 Å². The van der Waals surface area contributed by atoms with Gasteiger partial charge in [-0.2, -0.15) is 0 Å². The van der Waals surface area contributed by atoms with Gasteiger partial charge in [-0.1, -0.05) is 0 Å². The number of rotatable bonds is 9. The zero-order valence-electron chi connectivity index (χ0n) is 11.2. The van der Waals surface area contributed by atoms with Gasteiger partial charge in [-0.05, 0) is 12.8 Å². The Morgan fingerprint density at radius 3 is 2.32 bits per heavy atom. The molecule has 0 saturated carbocycles. The third kappa shape index (κ3) is 6.94. The van der Waals surface area contributed by atoms with E-state index in [4.69, 9.17) is 27.1 Å². The number of ether oxygens (including phenoxy) is 3. The van der Waals surface area contributed by atoms with Crippen molar-refractivity contribution in [3.63, 3.8) is 0 Å². The van der Waals surface area contributed by atoms with Gasteiger partial charge >= 0.3 is 5.97 Å². The van der Waals surface area contributed by atoms with Crippen LogP contribution in [0.2, 0.25) is 0 Å². The highest BCUT2D eigenvalue weighted by Gasteiger charge is 2.38. The van der Waals surface area contributed by atoms with E-state index in [1.54, 1.807) is 7.11 Å². The van der Waals surface area contributed by atoms with Gasteiger partial charge in [0.2, 0.25) is 12.1 Å². The fourth-order valence-electron chi connectivity index (χ4n) is 1.27. The molecule has 5 nitrogen and oxygen atoms in total. The van der Waals surface area contributed by atoms with Crippen LogP contribution in [0.4, 0.5) is 0 Å². The second-order valence-electron chi connectivity index (χ2n) is 3.83. The minimum Gasteiger partial charge on any atom is -0.420 e. The van der Waals surface area contributed by atoms with Crippen LogP contribution in [0, 0.1) is 24.7 Å². The Kier molecular flexibility index (Phi) is 8.83. The summed E-state index contributed by atoms with van der Waals surface area (Å²) >= 11 is 0. The lowest BCUT2D eigenvalue weighted by Crippen LogP contribution is -2.19. The molecular formula is C13H18O5P+. The molecule has 1 unspecified atom stereocenters. The summed E-state index contributed by atoms with van der Waals surface area (Å²) in [7, 11) is -0.259. The first-order chi connectivity index (χ1) is 9.03. The van der Waals surface area contributed by atoms with E-state index < -0.39 is 19.0 Å². The molecule has 0 heterocycles. The maximum Gasteiger partial charge on any atom is 0.387 e. The van der Waals surface area contributed by atoms with Gasteiger partial charge in [0.25, 0.3) is 0 Å². The van der Waals surface area contributed by atoms with E-state index in [2.05, 4.69) is 0 Å². The Morgan fingerprint density at radius 2 is 1.84 bits per heavy atom. The van der Waals surface area contributed by atoms with Gasteiger partial charge in [0.1, 0.15) is 13.9 Å². The maximum absolute atomic E-state index is 11.0. The van der Waals surface area contributed by atoms with Crippen LogP contribution in [-0.4, -0.2) is 50.7 Å². The molecule has 0 aliphatic heterocycles. The van der Waals surface area contributed by atoms with Crippen LogP contribution in [0.1, 0.15) is 6.92 Å². The van der Waals surface area contributed by atoms with E-state index in [1.807, 2.05) is 18.8 Å². The Balaban J connectivity index is 4.50. The van der Waals surface area contributed by atoms with Gasteiger partial charge in [0.05, 0.1) is 6.16 Å². The van der Waals surface area contributed by atoms with Crippen LogP contribution in [0.15, 0.2) is 0 Å². The number of terminal acetylenes is 2. The first kappa shape index (κ1) is 17.6. The summed E-state index contributed by atoms with van der Waals surface area (Å²) in [6, 6.07) is 0. The highest BCUT2D eigenvalue weighted by molar-refractivity contribution is 7.75. The number of hydrogen-bond acceptors (Lipinski definition) is 5. The molecule has 0 fully saturated rings. The Bertz CT molecular complexity index is 393. The van der Waals surface area contributed by atoms with Crippen molar-refractivity contribution in [3.05, 3.63) is 0 Å². The van der Waals surface area contributed by atoms with Gasteiger partial charge in [0.15, 0.2) is 12.7 Å². The molecule has 0 aliphatic carbocycles. The van der Waals surface area contributed by atoms with Crippen molar-refractivity contribution in [2.24, 2.45) is 0 Å². The summed E-state index contributed by atoms with van der Waals surface area (Å²) in [4.78, 5) is 22.0. The van der Waals surface area contributed by atoms with E-state index >= 15 is 0 Å². The smallest absolute Gasteiger partial charge is 0.387 e. The molecule has 0 amide bonds. The molecule has 0 aromatic rings. The zero-order chi connectivity index (χ0) is 14.7. The molecule has 0 saturated heterocycles. The number of methoxy groups -OCH3 is 1. The van der Waals surface area contributed by atoms with Crippen LogP contribution in [0.3, 0.4) is 0 Å². The third-order valence-electron chi connectivity index (χ3n) is 2.42. The van der Waals surface area contributed by atoms with E-state index in [0.29, 0.717) is 12.7 Å². The minimum absolute atomic E-state index is 0.148. The molecule has 0 rings (SSSR count). The van der Waals surface area contributed by atoms with Crippen LogP contribution in [0.5, 0.6) is 0 Å². The lowest BCUT2D eigenvalue weighted by atomic mass is 10.4. The lowest BCUT2D eigenvalue weighted by molar-refractivity contribution is -0.134. The number of carbonyl (C=O) groups excluding carboxylic acids is 2. The summed E-state index contributed by atoms with van der Waals surface area (Å²) in [6.45, 7) is 1.80. The molecule has 19 heavy (non-hydrogen) atoms. The number of esters is 1. The first-order valence-electron chi connectivity index (χ1n) is 5.58. The van der Waals surface area contributed by atoms with Crippen molar-refractivity contribution in [2.75, 3.05) is 38.9 Å². The number of hydrogen-bond donors (Lipinski definition) is 0. The molecule has 6 heteroatoms. The van der Waals surface area contributed by atoms with E-state index in [0.717, 1.165) is 6.16 Å². The molecule has 0 aliphatic rings. The molecular weight excluding hydrogens is 267 g/mol. The largest absolute Gasteiger partial charge is 0.420 e. The summed E-state index contributed by atoms with van der Waals surface area (Å²) in [5.74, 6) is 2.71. The Hall–Kier alpha value is -1.39. The summed E-state index contributed by atoms with van der Waals surface area (Å²) in [6.07, 6.45) is 11.5. The summed E-state index contributed by atoms with van der Waals surface area (Å²) < 4.78 is 15.4. The monoisotopic (exact) mass is 285 g/mol. The topological polar surface area (TPSA) is 61.8 Å². The van der Waals surface area contributed by atoms with Crippen molar-refractivity contribution < 1.29 is 23.8 Å². The molecule has 0 aromatic heterocycles. The molecule has 0 bridgehead atoms. The highest BCUT2D eigenvalue weighted by atomic mass is 31.2. The molecule has 0 radical (unpaired) electrons. The molecule has 1 atom stereocenters. The average molecular weight is 285 g/mol. The Labute approximate surface area is 114 Å². The fraction of sp³-hybridized carbons (Fsp3) is 0.538. The predicted octanol–water partition coefficient (Wildman–Crippen LogP) is 0.938. The van der Waals surface area contributed by atoms with Gasteiger partial charge in [0, 0.05) is 13.0 Å². The predicted molar refractivity (Wildman–Crippen MR) is 73.8 cm³/mol. The van der Waals surface area contributed by atoms with Crippen molar-refractivity contribution in [3.8, 4) is 24.7 Å². The number of Topliss-reactive ketones (excluding diaryl/α,β-unsaturated/α-hetero) is 1. The molecule has 0 aromatic carbocycles. The van der Waals surface area contributed by atoms with Crippen molar-refractivity contribution in [2.45, 2.75) is 6.92 Å². The summed E-state index contributed by atoms with van der Waals surface area (Å²) in [5, 5.41) is 0. The highest BCUT2D eigenvalue weighted by Crippen LogP contribution is 2.58. The van der Waals surface area contributed by atoms with Crippen LogP contribution >= 0.6 is 7.26 Å². The molecule has 0 N–H and O–H groups in total. The van der Waals surface area contributed by atoms with E-state index in [-0.39, 0.29) is 13.0 Å². The fourth-order valence-corrected chi connectivity index (χ4v) is 3.46. The zero-order valence-corrected chi connectivity index (χ0v) is 12.1. The summed E-state index contributed by atoms with van der Waals surface area (Å²) in [5.41, 5.74) is 0. The second kappa shape index (κ2) is 9.53. The minimum atomic E-state index is -1.81. The van der Waals surface area contributed by atoms with E-state index in [9.17, 15) is 9.59 Å². The second-order valence-corrected chi connectivity index (χ2v) is 7.92. The van der Waals surface area contributed by atoms with Gasteiger partial charge in [-0.15, -0.1) is 12.8 Å². The number of carbonyl (C=O) groups is 2. The first-order valence-corrected chi connectivity index (χ1v) is 8.11. The SMILES string of the molecule is C#CC(=O)COC[P+](CC)(COC)COC(=O)C#C. The van der Waals surface area contributed by atoms with Crippen molar-refractivity contribution in [1.82, 2.24) is 0 Å². The third-order valence-corrected chi connectivity index (χ3v) is 5.98. The molecule has 104 valence electrons. The lowest BCUT2D eigenvalue weighted by Gasteiger charge is -2.23. The molecule has 0 spiro atoms. The number of ketones is 1. The van der Waals surface area contributed by atoms with Gasteiger partial charge in [-0.25, -0.2) is 4.79 Å². The van der Waals surface area contributed by atoms with Gasteiger partial charge in [-0.3, -0.25) is 4.79 Å². The van der Waals surface area contributed by atoms with Crippen LogP contribution in [-0.2, 0) is 23.8 Å². The normalized spacial score (nSPS) is 12.8. The maximum atomic E-state index is 11.0. The standard InChI is InChI=1S/C13H18O5P/c1-5-12(14)8-17-10-19(7-3,9-16-4)11-18-13(15)6-2/h1-2H,7-11H2,3-4H3/q+1. The van der Waals surface area contributed by atoms with Crippen molar-refractivity contribution >= 4 is 19.0 Å². The Morgan fingerprint density at radius 1 is 1.16 bits per heavy atom. The van der Waals surface area contributed by atoms with Crippen LogP contribution < -0.4 is 0 Å². The average Bonchev–Trinajstić information content (AvgIpc) is 2.43. The quantitative estimate of drug-likeness (QED) is 0.207. The van der Waals surface area contributed by atoms with Gasteiger partial charge < -0.3 is 14.2 Å².